The highest BCUT2D eigenvalue weighted by Crippen LogP contribution is 2.15. The molecule has 0 aliphatic rings. The topological polar surface area (TPSA) is 68.2 Å². The third kappa shape index (κ3) is 5.94. The van der Waals surface area contributed by atoms with Gasteiger partial charge in [0.2, 0.25) is 0 Å². The van der Waals surface area contributed by atoms with Crippen molar-refractivity contribution >= 4 is 17.9 Å². The SMILES string of the molecule is Cc1cccc(/C(=N/N(C(=O)OC(C)C)C(=O)OC(C)C)c2ccccc2)c1. The van der Waals surface area contributed by atoms with Gasteiger partial charge in [0, 0.05) is 11.1 Å². The van der Waals surface area contributed by atoms with Gasteiger partial charge in [0.25, 0.3) is 0 Å². The van der Waals surface area contributed by atoms with Crippen molar-refractivity contribution < 1.29 is 19.1 Å². The predicted octanol–water partition coefficient (Wildman–Crippen LogP) is 5.14. The Morgan fingerprint density at radius 1 is 0.821 bits per heavy atom. The molecule has 0 saturated heterocycles. The Morgan fingerprint density at radius 2 is 1.36 bits per heavy atom. The minimum Gasteiger partial charge on any atom is -0.445 e. The van der Waals surface area contributed by atoms with Gasteiger partial charge in [0.1, 0.15) is 0 Å². The lowest BCUT2D eigenvalue weighted by Crippen LogP contribution is -2.37. The van der Waals surface area contributed by atoms with E-state index in [9.17, 15) is 9.59 Å². The molecule has 0 aliphatic carbocycles. The summed E-state index contributed by atoms with van der Waals surface area (Å²) in [6.07, 6.45) is -2.59. The average Bonchev–Trinajstić information content (AvgIpc) is 2.61. The summed E-state index contributed by atoms with van der Waals surface area (Å²) in [5, 5.41) is 5.01. The van der Waals surface area contributed by atoms with E-state index < -0.39 is 24.4 Å². The molecular weight excluding hydrogens is 356 g/mol. The largest absolute Gasteiger partial charge is 0.445 e. The van der Waals surface area contributed by atoms with Crippen molar-refractivity contribution in [3.63, 3.8) is 0 Å². The second-order valence-corrected chi connectivity index (χ2v) is 6.86. The van der Waals surface area contributed by atoms with Crippen molar-refractivity contribution in [3.05, 3.63) is 71.3 Å². The van der Waals surface area contributed by atoms with E-state index in [1.54, 1.807) is 27.7 Å². The number of hydrazone groups is 1. The summed E-state index contributed by atoms with van der Waals surface area (Å²) in [7, 11) is 0. The molecule has 0 N–H and O–H groups in total. The van der Waals surface area contributed by atoms with Gasteiger partial charge >= 0.3 is 12.2 Å². The number of ether oxygens (including phenoxy) is 2. The standard InChI is InChI=1S/C22H26N2O4/c1-15(2)27-21(25)24(22(26)28-16(3)4)23-20(18-11-7-6-8-12-18)19-13-9-10-17(5)14-19/h6-16H,1-5H3/b23-20+. The van der Waals surface area contributed by atoms with Gasteiger partial charge in [-0.2, -0.15) is 5.10 Å². The molecule has 0 fully saturated rings. The lowest BCUT2D eigenvalue weighted by atomic mass is 10.0. The van der Waals surface area contributed by atoms with Crippen molar-refractivity contribution in [1.29, 1.82) is 0 Å². The van der Waals surface area contributed by atoms with Crippen LogP contribution < -0.4 is 0 Å². The van der Waals surface area contributed by atoms with E-state index in [2.05, 4.69) is 5.10 Å². The molecule has 0 radical (unpaired) electrons. The Bertz CT molecular complexity index is 823. The van der Waals surface area contributed by atoms with Gasteiger partial charge in [0.05, 0.1) is 17.9 Å². The Balaban J connectivity index is 2.57. The summed E-state index contributed by atoms with van der Waals surface area (Å²) in [5.74, 6) is 0. The number of carbonyl (C=O) groups is 2. The van der Waals surface area contributed by atoms with E-state index in [0.717, 1.165) is 16.7 Å². The van der Waals surface area contributed by atoms with E-state index in [1.807, 2.05) is 61.5 Å². The summed E-state index contributed by atoms with van der Waals surface area (Å²) in [6, 6.07) is 17.0. The van der Waals surface area contributed by atoms with Crippen molar-refractivity contribution in [2.24, 2.45) is 5.10 Å². The molecule has 0 atom stereocenters. The van der Waals surface area contributed by atoms with Gasteiger partial charge in [-0.3, -0.25) is 0 Å². The summed E-state index contributed by atoms with van der Waals surface area (Å²) in [6.45, 7) is 8.76. The minimum absolute atomic E-state index is 0.406. The molecule has 0 saturated carbocycles. The molecule has 0 spiro atoms. The van der Waals surface area contributed by atoms with Crippen LogP contribution in [0.15, 0.2) is 59.7 Å². The summed E-state index contributed by atoms with van der Waals surface area (Å²) in [5.41, 5.74) is 3.02. The van der Waals surface area contributed by atoms with Gasteiger partial charge < -0.3 is 9.47 Å². The smallest absolute Gasteiger partial charge is 0.440 e. The lowest BCUT2D eigenvalue weighted by molar-refractivity contribution is 0.0518. The van der Waals surface area contributed by atoms with Crippen LogP contribution in [0.2, 0.25) is 0 Å². The van der Waals surface area contributed by atoms with Gasteiger partial charge in [-0.1, -0.05) is 59.1 Å². The van der Waals surface area contributed by atoms with Gasteiger partial charge in [-0.05, 0) is 40.7 Å². The summed E-state index contributed by atoms with van der Waals surface area (Å²) >= 11 is 0. The van der Waals surface area contributed by atoms with Gasteiger partial charge in [0.15, 0.2) is 0 Å². The highest BCUT2D eigenvalue weighted by Gasteiger charge is 2.27. The maximum Gasteiger partial charge on any atom is 0.440 e. The Morgan fingerprint density at radius 3 is 1.86 bits per heavy atom. The van der Waals surface area contributed by atoms with E-state index in [4.69, 9.17) is 9.47 Å². The Hall–Kier alpha value is -3.15. The zero-order valence-electron chi connectivity index (χ0n) is 16.9. The molecule has 2 aromatic carbocycles. The van der Waals surface area contributed by atoms with Crippen LogP contribution in [0.25, 0.3) is 0 Å². The molecule has 0 heterocycles. The number of hydrogen-bond acceptors (Lipinski definition) is 5. The van der Waals surface area contributed by atoms with Crippen molar-refractivity contribution in [2.45, 2.75) is 46.8 Å². The molecule has 2 aromatic rings. The number of benzene rings is 2. The zero-order valence-corrected chi connectivity index (χ0v) is 16.9. The fourth-order valence-electron chi connectivity index (χ4n) is 2.43. The number of imide groups is 1. The normalized spacial score (nSPS) is 11.5. The van der Waals surface area contributed by atoms with Crippen LogP contribution in [-0.2, 0) is 9.47 Å². The first-order chi connectivity index (χ1) is 13.3. The molecule has 0 aromatic heterocycles. The quantitative estimate of drug-likeness (QED) is 0.530. The predicted molar refractivity (Wildman–Crippen MR) is 108 cm³/mol. The molecule has 0 unspecified atom stereocenters. The fraction of sp³-hybridized carbons (Fsp3) is 0.318. The summed E-state index contributed by atoms with van der Waals surface area (Å²) in [4.78, 5) is 25.1. The number of hydrogen-bond donors (Lipinski definition) is 0. The maximum absolute atomic E-state index is 12.5. The molecule has 0 aliphatic heterocycles. The lowest BCUT2D eigenvalue weighted by Gasteiger charge is -2.20. The fourth-order valence-corrected chi connectivity index (χ4v) is 2.43. The maximum atomic E-state index is 12.5. The van der Waals surface area contributed by atoms with Crippen LogP contribution in [0.3, 0.4) is 0 Å². The van der Waals surface area contributed by atoms with E-state index in [-0.39, 0.29) is 0 Å². The van der Waals surface area contributed by atoms with Crippen LogP contribution in [0.1, 0.15) is 44.4 Å². The van der Waals surface area contributed by atoms with E-state index >= 15 is 0 Å². The first-order valence-electron chi connectivity index (χ1n) is 9.20. The van der Waals surface area contributed by atoms with E-state index in [1.165, 1.54) is 0 Å². The molecule has 2 rings (SSSR count). The third-order valence-corrected chi connectivity index (χ3v) is 3.56. The first kappa shape index (κ1) is 21.2. The number of rotatable bonds is 5. The highest BCUT2D eigenvalue weighted by atomic mass is 16.6. The molecule has 0 bridgehead atoms. The Kier molecular flexibility index (Phi) is 7.32. The summed E-state index contributed by atoms with van der Waals surface area (Å²) < 4.78 is 10.4. The third-order valence-electron chi connectivity index (χ3n) is 3.56. The van der Waals surface area contributed by atoms with Crippen LogP contribution >= 0.6 is 0 Å². The molecule has 148 valence electrons. The van der Waals surface area contributed by atoms with Crippen molar-refractivity contribution in [1.82, 2.24) is 5.01 Å². The van der Waals surface area contributed by atoms with Crippen LogP contribution in [0.5, 0.6) is 0 Å². The monoisotopic (exact) mass is 382 g/mol. The van der Waals surface area contributed by atoms with Gasteiger partial charge in [-0.25, -0.2) is 9.59 Å². The molecule has 2 amide bonds. The van der Waals surface area contributed by atoms with Crippen LogP contribution in [0.4, 0.5) is 9.59 Å². The zero-order chi connectivity index (χ0) is 20.7. The number of nitrogens with zero attached hydrogens (tertiary/aromatic N) is 2. The van der Waals surface area contributed by atoms with Gasteiger partial charge in [-0.15, -0.1) is 0 Å². The molecule has 6 heteroatoms. The van der Waals surface area contributed by atoms with Crippen molar-refractivity contribution in [2.75, 3.05) is 0 Å². The second-order valence-electron chi connectivity index (χ2n) is 6.86. The average molecular weight is 382 g/mol. The van der Waals surface area contributed by atoms with E-state index in [0.29, 0.717) is 10.7 Å². The first-order valence-corrected chi connectivity index (χ1v) is 9.20. The second kappa shape index (κ2) is 9.69. The molecule has 6 nitrogen and oxygen atoms in total. The number of aryl methyl sites for hydroxylation is 1. The number of carbonyl (C=O) groups excluding carboxylic acids is 2. The van der Waals surface area contributed by atoms with Crippen LogP contribution in [-0.4, -0.2) is 35.1 Å². The minimum atomic E-state index is -0.887. The van der Waals surface area contributed by atoms with Crippen LogP contribution in [0, 0.1) is 6.92 Å². The highest BCUT2D eigenvalue weighted by molar-refractivity contribution is 6.13. The van der Waals surface area contributed by atoms with Crippen molar-refractivity contribution in [3.8, 4) is 0 Å². The molecular formula is C22H26N2O4. The number of amides is 2. The molecule has 28 heavy (non-hydrogen) atoms. The Labute approximate surface area is 165 Å².